The van der Waals surface area contributed by atoms with Crippen molar-refractivity contribution in [3.63, 3.8) is 0 Å². The van der Waals surface area contributed by atoms with Gasteiger partial charge in [-0.25, -0.2) is 14.8 Å². The molecule has 0 saturated heterocycles. The van der Waals surface area contributed by atoms with Gasteiger partial charge in [0.05, 0.1) is 22.1 Å². The first-order valence-corrected chi connectivity index (χ1v) is 11.2. The highest BCUT2D eigenvalue weighted by Gasteiger charge is 2.13. The van der Waals surface area contributed by atoms with Gasteiger partial charge < -0.3 is 20.4 Å². The van der Waals surface area contributed by atoms with E-state index < -0.39 is 0 Å². The van der Waals surface area contributed by atoms with Gasteiger partial charge in [-0.3, -0.25) is 0 Å². The number of aromatic nitrogens is 2. The number of nitrogens with one attached hydrogen (secondary N) is 2. The quantitative estimate of drug-likeness (QED) is 0.441. The van der Waals surface area contributed by atoms with Crippen LogP contribution >= 0.6 is 23.2 Å². The molecule has 170 valence electrons. The molecule has 0 atom stereocenters. The Morgan fingerprint density at radius 2 is 1.81 bits per heavy atom. The van der Waals surface area contributed by atoms with Gasteiger partial charge in [-0.1, -0.05) is 41.4 Å². The molecule has 0 bridgehead atoms. The predicted octanol–water partition coefficient (Wildman–Crippen LogP) is 4.64. The number of rotatable bonds is 9. The van der Waals surface area contributed by atoms with Crippen molar-refractivity contribution < 1.29 is 4.79 Å². The molecule has 1 heterocycles. The minimum absolute atomic E-state index is 0.228. The van der Waals surface area contributed by atoms with Crippen LogP contribution in [0.1, 0.15) is 17.8 Å². The fraction of sp³-hybridized carbons (Fsp3) is 0.348. The maximum atomic E-state index is 12.6. The summed E-state index contributed by atoms with van der Waals surface area (Å²) in [6, 6.07) is 12.9. The van der Waals surface area contributed by atoms with E-state index in [0.717, 1.165) is 41.8 Å². The van der Waals surface area contributed by atoms with E-state index in [1.807, 2.05) is 30.3 Å². The molecule has 2 aromatic carbocycles. The summed E-state index contributed by atoms with van der Waals surface area (Å²) in [7, 11) is 5.83. The van der Waals surface area contributed by atoms with Crippen LogP contribution in [-0.4, -0.2) is 60.0 Å². The zero-order valence-electron chi connectivity index (χ0n) is 18.5. The summed E-state index contributed by atoms with van der Waals surface area (Å²) < 4.78 is 0. The second-order valence-corrected chi connectivity index (χ2v) is 8.67. The van der Waals surface area contributed by atoms with Crippen molar-refractivity contribution in [2.75, 3.05) is 39.5 Å². The van der Waals surface area contributed by atoms with Crippen molar-refractivity contribution >= 4 is 46.0 Å². The molecule has 0 radical (unpaired) electrons. The fourth-order valence-corrected chi connectivity index (χ4v) is 3.50. The maximum Gasteiger partial charge on any atom is 0.317 e. The number of benzene rings is 2. The van der Waals surface area contributed by atoms with Crippen LogP contribution in [0.15, 0.2) is 42.5 Å². The van der Waals surface area contributed by atoms with E-state index in [-0.39, 0.29) is 12.6 Å². The van der Waals surface area contributed by atoms with E-state index in [1.165, 1.54) is 0 Å². The summed E-state index contributed by atoms with van der Waals surface area (Å²) in [6.45, 7) is 2.42. The zero-order valence-corrected chi connectivity index (χ0v) is 20.0. The Hall–Kier alpha value is -2.61. The summed E-state index contributed by atoms with van der Waals surface area (Å²) in [6.07, 6.45) is 0.998. The summed E-state index contributed by atoms with van der Waals surface area (Å²) in [5.41, 5.74) is 1.71. The van der Waals surface area contributed by atoms with Crippen LogP contribution in [0.4, 0.5) is 10.6 Å². The maximum absolute atomic E-state index is 12.6. The van der Waals surface area contributed by atoms with Crippen molar-refractivity contribution in [1.82, 2.24) is 25.1 Å². The largest absolute Gasteiger partial charge is 0.369 e. The first-order chi connectivity index (χ1) is 15.3. The van der Waals surface area contributed by atoms with Crippen LogP contribution in [0.3, 0.4) is 0 Å². The first kappa shape index (κ1) is 24.0. The number of nitrogens with zero attached hydrogens (tertiary/aromatic N) is 4. The van der Waals surface area contributed by atoms with Gasteiger partial charge in [-0.2, -0.15) is 0 Å². The first-order valence-electron chi connectivity index (χ1n) is 10.4. The van der Waals surface area contributed by atoms with Crippen LogP contribution < -0.4 is 10.6 Å². The number of fused-ring (bicyclic) bond motifs is 1. The molecule has 32 heavy (non-hydrogen) atoms. The highest BCUT2D eigenvalue weighted by atomic mass is 35.5. The third kappa shape index (κ3) is 6.69. The Balaban J connectivity index is 1.65. The lowest BCUT2D eigenvalue weighted by molar-refractivity contribution is 0.205. The average Bonchev–Trinajstić information content (AvgIpc) is 2.77. The highest BCUT2D eigenvalue weighted by Crippen LogP contribution is 2.23. The third-order valence-corrected chi connectivity index (χ3v) is 5.62. The SMILES string of the molecule is CN(C)CCCNc1nc(CN(C)C(=O)NCc2ccc(Cl)c(Cl)c2)nc2ccccc12. The molecular weight excluding hydrogens is 447 g/mol. The monoisotopic (exact) mass is 474 g/mol. The van der Waals surface area contributed by atoms with Gasteiger partial charge in [-0.05, 0) is 56.9 Å². The predicted molar refractivity (Wildman–Crippen MR) is 131 cm³/mol. The van der Waals surface area contributed by atoms with Gasteiger partial charge in [-0.15, -0.1) is 0 Å². The van der Waals surface area contributed by atoms with Crippen molar-refractivity contribution in [3.8, 4) is 0 Å². The molecule has 3 aromatic rings. The summed E-state index contributed by atoms with van der Waals surface area (Å²) in [5, 5.41) is 8.21. The minimum atomic E-state index is -0.228. The lowest BCUT2D eigenvalue weighted by Gasteiger charge is -2.18. The van der Waals surface area contributed by atoms with E-state index in [2.05, 4.69) is 39.6 Å². The minimum Gasteiger partial charge on any atom is -0.369 e. The zero-order chi connectivity index (χ0) is 23.1. The number of carbonyl (C=O) groups excluding carboxylic acids is 1. The van der Waals surface area contributed by atoms with Gasteiger partial charge in [0.1, 0.15) is 5.82 Å². The molecular formula is C23H28Cl2N6O. The summed E-state index contributed by atoms with van der Waals surface area (Å²) in [5.74, 6) is 1.36. The second kappa shape index (κ2) is 11.3. The normalized spacial score (nSPS) is 11.1. The molecule has 2 amide bonds. The smallest absolute Gasteiger partial charge is 0.317 e. The number of anilines is 1. The Morgan fingerprint density at radius 1 is 1.03 bits per heavy atom. The number of carbonyl (C=O) groups is 1. The summed E-state index contributed by atoms with van der Waals surface area (Å²) >= 11 is 12.0. The van der Waals surface area contributed by atoms with Crippen LogP contribution in [0, 0.1) is 0 Å². The Labute approximate surface area is 198 Å². The molecule has 0 saturated carbocycles. The van der Waals surface area contributed by atoms with E-state index in [9.17, 15) is 4.79 Å². The number of amides is 2. The Bertz CT molecular complexity index is 1080. The van der Waals surface area contributed by atoms with E-state index >= 15 is 0 Å². The molecule has 0 fully saturated rings. The Morgan fingerprint density at radius 3 is 2.56 bits per heavy atom. The van der Waals surface area contributed by atoms with Crippen LogP contribution in [0.5, 0.6) is 0 Å². The van der Waals surface area contributed by atoms with E-state index in [1.54, 1.807) is 24.1 Å². The third-order valence-electron chi connectivity index (χ3n) is 4.88. The molecule has 3 rings (SSSR count). The van der Waals surface area contributed by atoms with Crippen molar-refractivity contribution in [3.05, 3.63) is 63.9 Å². The number of urea groups is 1. The molecule has 0 aliphatic rings. The Kier molecular flexibility index (Phi) is 8.50. The van der Waals surface area contributed by atoms with Crippen LogP contribution in [0.25, 0.3) is 10.9 Å². The standard InChI is InChI=1S/C23H28Cl2N6O/c1-30(2)12-6-11-26-22-17-7-4-5-8-20(17)28-21(29-22)15-31(3)23(32)27-14-16-9-10-18(24)19(25)13-16/h4-5,7-10,13H,6,11-12,14-15H2,1-3H3,(H,27,32)(H,26,28,29). The van der Waals surface area contributed by atoms with Gasteiger partial charge in [0.2, 0.25) is 0 Å². The van der Waals surface area contributed by atoms with Gasteiger partial charge in [0.25, 0.3) is 0 Å². The van der Waals surface area contributed by atoms with Crippen molar-refractivity contribution in [2.45, 2.75) is 19.5 Å². The average molecular weight is 475 g/mol. The highest BCUT2D eigenvalue weighted by molar-refractivity contribution is 6.42. The van der Waals surface area contributed by atoms with Crippen LogP contribution in [0.2, 0.25) is 10.0 Å². The molecule has 7 nitrogen and oxygen atoms in total. The van der Waals surface area contributed by atoms with E-state index in [4.69, 9.17) is 23.2 Å². The lowest BCUT2D eigenvalue weighted by Crippen LogP contribution is -2.36. The fourth-order valence-electron chi connectivity index (χ4n) is 3.18. The van der Waals surface area contributed by atoms with Crippen LogP contribution in [-0.2, 0) is 13.1 Å². The van der Waals surface area contributed by atoms with Gasteiger partial charge >= 0.3 is 6.03 Å². The lowest BCUT2D eigenvalue weighted by atomic mass is 10.2. The van der Waals surface area contributed by atoms with Gasteiger partial charge in [0.15, 0.2) is 5.82 Å². The number of hydrogen-bond donors (Lipinski definition) is 2. The molecule has 2 N–H and O–H groups in total. The number of para-hydroxylation sites is 1. The number of halogens is 2. The molecule has 0 aliphatic heterocycles. The molecule has 0 spiro atoms. The van der Waals surface area contributed by atoms with Crippen molar-refractivity contribution in [2.24, 2.45) is 0 Å². The van der Waals surface area contributed by atoms with E-state index in [0.29, 0.717) is 22.4 Å². The molecule has 0 aliphatic carbocycles. The van der Waals surface area contributed by atoms with Crippen molar-refractivity contribution in [1.29, 1.82) is 0 Å². The molecule has 1 aromatic heterocycles. The molecule has 0 unspecified atom stereocenters. The van der Waals surface area contributed by atoms with Gasteiger partial charge in [0, 0.05) is 25.5 Å². The molecule has 9 heteroatoms. The summed E-state index contributed by atoms with van der Waals surface area (Å²) in [4.78, 5) is 25.6. The second-order valence-electron chi connectivity index (χ2n) is 7.85. The topological polar surface area (TPSA) is 73.4 Å². The number of hydrogen-bond acceptors (Lipinski definition) is 5.